The van der Waals surface area contributed by atoms with Crippen molar-refractivity contribution in [1.29, 1.82) is 0 Å². The first-order valence-corrected chi connectivity index (χ1v) is 12.2. The van der Waals surface area contributed by atoms with Crippen LogP contribution in [0.1, 0.15) is 47.7 Å². The Morgan fingerprint density at radius 3 is 2.59 bits per heavy atom. The van der Waals surface area contributed by atoms with E-state index < -0.39 is 5.91 Å². The zero-order valence-electron chi connectivity index (χ0n) is 20.2. The van der Waals surface area contributed by atoms with E-state index in [1.165, 1.54) is 24.0 Å². The summed E-state index contributed by atoms with van der Waals surface area (Å²) in [6, 6.07) is 13.3. The molecule has 0 radical (unpaired) electrons. The van der Waals surface area contributed by atoms with Gasteiger partial charge in [0, 0.05) is 36.3 Å². The van der Waals surface area contributed by atoms with Gasteiger partial charge < -0.3 is 20.7 Å². The highest BCUT2D eigenvalue weighted by atomic mass is 16.5. The van der Waals surface area contributed by atoms with Crippen molar-refractivity contribution in [2.24, 2.45) is 11.7 Å². The van der Waals surface area contributed by atoms with E-state index in [4.69, 9.17) is 10.5 Å². The number of likely N-dealkylation sites (N-methyl/N-ethyl adjacent to an activating group) is 1. The fourth-order valence-electron chi connectivity index (χ4n) is 6.07. The molecule has 1 saturated heterocycles. The number of methoxy groups -OCH3 is 1. The molecular formula is C27H34N4O3. The Kier molecular flexibility index (Phi) is 5.76. The number of primary amides is 1. The molecule has 2 aliphatic carbocycles. The molecule has 34 heavy (non-hydrogen) atoms. The fourth-order valence-corrected chi connectivity index (χ4v) is 6.07. The highest BCUT2D eigenvalue weighted by Gasteiger charge is 2.53. The van der Waals surface area contributed by atoms with Gasteiger partial charge >= 0.3 is 6.03 Å². The van der Waals surface area contributed by atoms with Crippen LogP contribution in [0.25, 0.3) is 0 Å². The van der Waals surface area contributed by atoms with Crippen LogP contribution in [-0.4, -0.2) is 61.1 Å². The Balaban J connectivity index is 1.45. The molecule has 3 atom stereocenters. The molecule has 2 bridgehead atoms. The van der Waals surface area contributed by atoms with Crippen molar-refractivity contribution in [2.45, 2.75) is 50.1 Å². The van der Waals surface area contributed by atoms with Crippen LogP contribution in [0.5, 0.6) is 5.75 Å². The molecule has 3 N–H and O–H groups in total. The molecular weight excluding hydrogens is 428 g/mol. The van der Waals surface area contributed by atoms with E-state index in [0.717, 1.165) is 37.6 Å². The van der Waals surface area contributed by atoms with Gasteiger partial charge in [-0.2, -0.15) is 0 Å². The van der Waals surface area contributed by atoms with E-state index in [2.05, 4.69) is 35.3 Å². The van der Waals surface area contributed by atoms with Gasteiger partial charge in [-0.3, -0.25) is 9.69 Å². The number of carbonyl (C=O) groups excluding carboxylic acids is 2. The lowest BCUT2D eigenvalue weighted by atomic mass is 9.61. The van der Waals surface area contributed by atoms with Gasteiger partial charge in [0.05, 0.1) is 13.2 Å². The van der Waals surface area contributed by atoms with E-state index >= 15 is 0 Å². The maximum atomic E-state index is 13.5. The highest BCUT2D eigenvalue weighted by molar-refractivity contribution is 5.94. The lowest BCUT2D eigenvalue weighted by molar-refractivity contribution is 0.00456. The summed E-state index contributed by atoms with van der Waals surface area (Å²) in [7, 11) is 3.61. The molecule has 180 valence electrons. The monoisotopic (exact) mass is 462 g/mol. The second-order valence-corrected chi connectivity index (χ2v) is 10.3. The van der Waals surface area contributed by atoms with E-state index in [1.54, 1.807) is 31.4 Å². The summed E-state index contributed by atoms with van der Waals surface area (Å²) in [5.41, 5.74) is 8.89. The summed E-state index contributed by atoms with van der Waals surface area (Å²) in [5, 5.41) is 3.02. The molecule has 1 aliphatic heterocycles. The maximum Gasteiger partial charge on any atom is 0.321 e. The van der Waals surface area contributed by atoms with Gasteiger partial charge in [0.25, 0.3) is 0 Å². The van der Waals surface area contributed by atoms with Gasteiger partial charge in [-0.1, -0.05) is 13.0 Å². The second kappa shape index (κ2) is 8.62. The normalized spacial score (nSPS) is 25.9. The number of carbonyl (C=O) groups is 2. The minimum absolute atomic E-state index is 0.0319. The molecule has 7 heteroatoms. The number of benzene rings is 2. The third kappa shape index (κ3) is 4.02. The van der Waals surface area contributed by atoms with Crippen molar-refractivity contribution in [3.05, 3.63) is 59.2 Å². The summed E-state index contributed by atoms with van der Waals surface area (Å²) in [5.74, 6) is 1.17. The first kappa shape index (κ1) is 22.7. The van der Waals surface area contributed by atoms with Crippen molar-refractivity contribution in [3.8, 4) is 5.75 Å². The van der Waals surface area contributed by atoms with Crippen molar-refractivity contribution in [2.75, 3.05) is 32.6 Å². The van der Waals surface area contributed by atoms with Gasteiger partial charge in [-0.25, -0.2) is 4.79 Å². The van der Waals surface area contributed by atoms with E-state index in [1.807, 2.05) is 11.9 Å². The Bertz CT molecular complexity index is 1100. The number of urea groups is 1. The molecule has 2 aromatic carbocycles. The molecule has 3 aliphatic rings. The van der Waals surface area contributed by atoms with E-state index in [9.17, 15) is 9.59 Å². The summed E-state index contributed by atoms with van der Waals surface area (Å²) < 4.78 is 5.56. The molecule has 7 nitrogen and oxygen atoms in total. The third-order valence-corrected chi connectivity index (χ3v) is 8.11. The number of piperidine rings is 1. The number of hydrogen-bond donors (Lipinski definition) is 2. The van der Waals surface area contributed by atoms with Crippen LogP contribution in [0.15, 0.2) is 42.5 Å². The van der Waals surface area contributed by atoms with E-state index in [-0.39, 0.29) is 23.5 Å². The number of likely N-dealkylation sites (tertiary alicyclic amines) is 1. The topological polar surface area (TPSA) is 87.9 Å². The Morgan fingerprint density at radius 1 is 1.21 bits per heavy atom. The first-order valence-electron chi connectivity index (χ1n) is 12.2. The molecule has 2 fully saturated rings. The number of nitrogens with zero attached hydrogens (tertiary/aromatic N) is 2. The largest absolute Gasteiger partial charge is 0.497 e. The molecule has 3 amide bonds. The standard InChI is InChI=1S/C27H34N4O3/c1-27-12-13-31(16-17-4-5-17)23(14-19-8-11-21(34-3)15-22(19)27)24(27)30(2)26(33)29-20-9-6-18(7-10-20)25(28)32/h6-11,15,17,23-24H,4-5,12-14,16H2,1-3H3,(H2,28,32)(H,29,33)/t23?,24-,27-/m1/s1. The van der Waals surface area contributed by atoms with Crippen molar-refractivity contribution >= 4 is 17.6 Å². The summed E-state index contributed by atoms with van der Waals surface area (Å²) in [6.07, 6.45) is 4.55. The third-order valence-electron chi connectivity index (χ3n) is 8.11. The van der Waals surface area contributed by atoms with Crippen LogP contribution < -0.4 is 15.8 Å². The van der Waals surface area contributed by atoms with Crippen molar-refractivity contribution in [3.63, 3.8) is 0 Å². The predicted octanol–water partition coefficient (Wildman–Crippen LogP) is 3.62. The molecule has 1 heterocycles. The number of rotatable bonds is 6. The minimum atomic E-state index is -0.484. The Morgan fingerprint density at radius 2 is 1.94 bits per heavy atom. The van der Waals surface area contributed by atoms with Crippen LogP contribution in [-0.2, 0) is 11.8 Å². The second-order valence-electron chi connectivity index (χ2n) is 10.3. The fraction of sp³-hybridized carbons (Fsp3) is 0.481. The van der Waals surface area contributed by atoms with Crippen LogP contribution in [0, 0.1) is 5.92 Å². The number of amides is 3. The molecule has 2 aromatic rings. The molecule has 1 saturated carbocycles. The van der Waals surface area contributed by atoms with Gasteiger partial charge in [-0.05, 0) is 85.7 Å². The SMILES string of the molecule is COc1ccc2c(c1)[C@@]1(C)CCN(CC3CC3)C(C2)[C@H]1N(C)C(=O)Nc1ccc(C(N)=O)cc1. The lowest BCUT2D eigenvalue weighted by Crippen LogP contribution is -2.68. The Hall–Kier alpha value is -3.06. The number of ether oxygens (including phenoxy) is 1. The number of nitrogens with two attached hydrogens (primary N) is 1. The Labute approximate surface area is 201 Å². The van der Waals surface area contributed by atoms with Gasteiger partial charge in [0.1, 0.15) is 5.75 Å². The quantitative estimate of drug-likeness (QED) is 0.686. The minimum Gasteiger partial charge on any atom is -0.497 e. The number of fused-ring (bicyclic) bond motifs is 4. The predicted molar refractivity (Wildman–Crippen MR) is 132 cm³/mol. The number of nitrogens with one attached hydrogen (secondary N) is 1. The number of anilines is 1. The average Bonchev–Trinajstić information content (AvgIpc) is 3.65. The zero-order valence-corrected chi connectivity index (χ0v) is 20.2. The van der Waals surface area contributed by atoms with Crippen molar-refractivity contribution < 1.29 is 14.3 Å². The van der Waals surface area contributed by atoms with Crippen molar-refractivity contribution in [1.82, 2.24) is 9.80 Å². The van der Waals surface area contributed by atoms with Crippen LogP contribution in [0.2, 0.25) is 0 Å². The number of hydrogen-bond acceptors (Lipinski definition) is 4. The maximum absolute atomic E-state index is 13.5. The molecule has 0 aromatic heterocycles. The average molecular weight is 463 g/mol. The first-order chi connectivity index (χ1) is 16.3. The molecule has 0 spiro atoms. The van der Waals surface area contributed by atoms with Crippen LogP contribution in [0.4, 0.5) is 10.5 Å². The molecule has 1 unspecified atom stereocenters. The zero-order chi connectivity index (χ0) is 24.0. The van der Waals surface area contributed by atoms with Gasteiger partial charge in [0.15, 0.2) is 0 Å². The summed E-state index contributed by atoms with van der Waals surface area (Å²) >= 11 is 0. The van der Waals surface area contributed by atoms with Crippen LogP contribution >= 0.6 is 0 Å². The van der Waals surface area contributed by atoms with Gasteiger partial charge in [0.2, 0.25) is 5.91 Å². The molecule has 5 rings (SSSR count). The highest BCUT2D eigenvalue weighted by Crippen LogP contribution is 2.48. The lowest BCUT2D eigenvalue weighted by Gasteiger charge is -2.58. The van der Waals surface area contributed by atoms with Gasteiger partial charge in [-0.15, -0.1) is 0 Å². The van der Waals surface area contributed by atoms with Crippen LogP contribution in [0.3, 0.4) is 0 Å². The smallest absolute Gasteiger partial charge is 0.321 e. The summed E-state index contributed by atoms with van der Waals surface area (Å²) in [4.78, 5) is 29.4. The summed E-state index contributed by atoms with van der Waals surface area (Å²) in [6.45, 7) is 4.48. The van der Waals surface area contributed by atoms with E-state index in [0.29, 0.717) is 11.3 Å².